The van der Waals surface area contributed by atoms with Gasteiger partial charge in [-0.1, -0.05) is 6.58 Å². The summed E-state index contributed by atoms with van der Waals surface area (Å²) in [5, 5.41) is 0. The van der Waals surface area contributed by atoms with Crippen molar-refractivity contribution >= 4 is 11.8 Å². The Labute approximate surface area is 94.1 Å². The molecule has 1 aliphatic rings. The topological polar surface area (TPSA) is 38.8 Å². The largest absolute Gasteiger partial charge is 0.497 e. The molecule has 16 heavy (non-hydrogen) atoms. The van der Waals surface area contributed by atoms with E-state index in [0.29, 0.717) is 5.70 Å². The zero-order valence-electron chi connectivity index (χ0n) is 9.27. The highest BCUT2D eigenvalue weighted by Gasteiger charge is 2.33. The number of cyclic esters (lactones) is 1. The van der Waals surface area contributed by atoms with Crippen LogP contribution in [0.1, 0.15) is 6.92 Å². The van der Waals surface area contributed by atoms with Crippen molar-refractivity contribution in [3.63, 3.8) is 0 Å². The molecule has 1 aliphatic heterocycles. The molecule has 0 radical (unpaired) electrons. The molecule has 1 amide bonds. The van der Waals surface area contributed by atoms with Crippen molar-refractivity contribution < 1.29 is 14.3 Å². The molecule has 0 aromatic heterocycles. The van der Waals surface area contributed by atoms with Gasteiger partial charge in [-0.15, -0.1) is 0 Å². The van der Waals surface area contributed by atoms with Gasteiger partial charge in [-0.05, 0) is 31.2 Å². The van der Waals surface area contributed by atoms with E-state index >= 15 is 0 Å². The number of carbonyl (C=O) groups excluding carboxylic acids is 1. The minimum atomic E-state index is -0.386. The summed E-state index contributed by atoms with van der Waals surface area (Å²) in [5.74, 6) is 0.745. The van der Waals surface area contributed by atoms with Crippen molar-refractivity contribution in [2.45, 2.75) is 13.0 Å². The highest BCUT2D eigenvalue weighted by molar-refractivity contribution is 5.94. The maximum Gasteiger partial charge on any atom is 0.419 e. The first-order valence-corrected chi connectivity index (χ1v) is 4.97. The number of methoxy groups -OCH3 is 1. The van der Waals surface area contributed by atoms with Gasteiger partial charge in [0, 0.05) is 0 Å². The number of ether oxygens (including phenoxy) is 2. The molecular formula is C12H13NO3. The van der Waals surface area contributed by atoms with Crippen molar-refractivity contribution in [1.29, 1.82) is 0 Å². The number of rotatable bonds is 2. The number of carbonyl (C=O) groups is 1. The molecule has 1 fully saturated rings. The van der Waals surface area contributed by atoms with E-state index in [0.717, 1.165) is 11.4 Å². The van der Waals surface area contributed by atoms with Gasteiger partial charge in [-0.3, -0.25) is 0 Å². The Bertz CT molecular complexity index is 424. The fourth-order valence-electron chi connectivity index (χ4n) is 1.57. The Hall–Kier alpha value is -1.97. The molecular weight excluding hydrogens is 206 g/mol. The summed E-state index contributed by atoms with van der Waals surface area (Å²) in [7, 11) is 1.60. The second kappa shape index (κ2) is 3.89. The van der Waals surface area contributed by atoms with Gasteiger partial charge in [0.25, 0.3) is 0 Å². The van der Waals surface area contributed by atoms with Crippen LogP contribution in [-0.4, -0.2) is 19.3 Å². The van der Waals surface area contributed by atoms with Crippen LogP contribution in [0.3, 0.4) is 0 Å². The van der Waals surface area contributed by atoms with Crippen LogP contribution < -0.4 is 9.64 Å². The van der Waals surface area contributed by atoms with Crippen molar-refractivity contribution in [2.24, 2.45) is 0 Å². The molecule has 0 N–H and O–H groups in total. The zero-order chi connectivity index (χ0) is 11.7. The van der Waals surface area contributed by atoms with Gasteiger partial charge in [0.15, 0.2) is 0 Å². The number of benzene rings is 1. The van der Waals surface area contributed by atoms with Gasteiger partial charge in [-0.2, -0.15) is 0 Å². The van der Waals surface area contributed by atoms with E-state index in [1.165, 1.54) is 4.90 Å². The van der Waals surface area contributed by atoms with Crippen LogP contribution in [0.4, 0.5) is 10.5 Å². The maximum atomic E-state index is 11.6. The van der Waals surface area contributed by atoms with E-state index in [9.17, 15) is 4.79 Å². The van der Waals surface area contributed by atoms with E-state index in [4.69, 9.17) is 9.47 Å². The molecule has 1 heterocycles. The summed E-state index contributed by atoms with van der Waals surface area (Å²) in [4.78, 5) is 13.0. The van der Waals surface area contributed by atoms with Crippen molar-refractivity contribution in [3.8, 4) is 5.75 Å². The Balaban J connectivity index is 2.30. The van der Waals surface area contributed by atoms with Crippen LogP contribution >= 0.6 is 0 Å². The fraction of sp³-hybridized carbons (Fsp3) is 0.250. The molecule has 0 bridgehead atoms. The third-order valence-corrected chi connectivity index (χ3v) is 2.55. The summed E-state index contributed by atoms with van der Waals surface area (Å²) in [6.45, 7) is 5.63. The highest BCUT2D eigenvalue weighted by atomic mass is 16.6. The number of nitrogens with zero attached hydrogens (tertiary/aromatic N) is 1. The summed E-state index contributed by atoms with van der Waals surface area (Å²) in [6.07, 6.45) is -0.655. The first-order valence-electron chi connectivity index (χ1n) is 4.97. The molecule has 4 nitrogen and oxygen atoms in total. The van der Waals surface area contributed by atoms with Crippen LogP contribution in [0.5, 0.6) is 5.75 Å². The van der Waals surface area contributed by atoms with Gasteiger partial charge in [0.2, 0.25) is 0 Å². The average Bonchev–Trinajstić information content (AvgIpc) is 2.54. The summed E-state index contributed by atoms with van der Waals surface area (Å²) >= 11 is 0. The fourth-order valence-corrected chi connectivity index (χ4v) is 1.57. The Morgan fingerprint density at radius 2 is 2.00 bits per heavy atom. The molecule has 1 saturated heterocycles. The normalized spacial score (nSPS) is 19.9. The van der Waals surface area contributed by atoms with Crippen LogP contribution in [0.2, 0.25) is 0 Å². The molecule has 1 aromatic rings. The third-order valence-electron chi connectivity index (χ3n) is 2.55. The molecule has 1 atom stereocenters. The summed E-state index contributed by atoms with van der Waals surface area (Å²) < 4.78 is 10.1. The van der Waals surface area contributed by atoms with Gasteiger partial charge < -0.3 is 9.47 Å². The number of hydrogen-bond acceptors (Lipinski definition) is 3. The molecule has 0 unspecified atom stereocenters. The first kappa shape index (κ1) is 10.5. The molecule has 0 saturated carbocycles. The lowest BCUT2D eigenvalue weighted by Crippen LogP contribution is -2.21. The van der Waals surface area contributed by atoms with Crippen LogP contribution in [0, 0.1) is 0 Å². The second-order valence-corrected chi connectivity index (χ2v) is 3.55. The molecule has 2 rings (SSSR count). The molecule has 0 aliphatic carbocycles. The lowest BCUT2D eigenvalue weighted by atomic mass is 10.2. The number of anilines is 1. The van der Waals surface area contributed by atoms with E-state index in [1.807, 2.05) is 0 Å². The molecule has 4 heteroatoms. The van der Waals surface area contributed by atoms with E-state index in [-0.39, 0.29) is 12.2 Å². The standard InChI is InChI=1S/C12H13NO3/c1-8-9(2)16-12(14)13(8)10-4-6-11(15-3)7-5-10/h4-7,9H,1H2,2-3H3/t9-/m1/s1. The predicted molar refractivity (Wildman–Crippen MR) is 60.6 cm³/mol. The minimum Gasteiger partial charge on any atom is -0.497 e. The Kier molecular flexibility index (Phi) is 2.56. The minimum absolute atomic E-state index is 0.269. The van der Waals surface area contributed by atoms with Crippen LogP contribution in [0.15, 0.2) is 36.5 Å². The van der Waals surface area contributed by atoms with Crippen LogP contribution in [0.25, 0.3) is 0 Å². The number of hydrogen-bond donors (Lipinski definition) is 0. The zero-order valence-corrected chi connectivity index (χ0v) is 9.27. The third kappa shape index (κ3) is 1.62. The van der Waals surface area contributed by atoms with Crippen LogP contribution in [-0.2, 0) is 4.74 Å². The molecule has 1 aromatic carbocycles. The van der Waals surface area contributed by atoms with Gasteiger partial charge in [-0.25, -0.2) is 9.69 Å². The summed E-state index contributed by atoms with van der Waals surface area (Å²) in [5.41, 5.74) is 1.38. The number of amides is 1. The average molecular weight is 219 g/mol. The Morgan fingerprint density at radius 3 is 2.44 bits per heavy atom. The predicted octanol–water partition coefficient (Wildman–Crippen LogP) is 2.55. The molecule has 84 valence electrons. The second-order valence-electron chi connectivity index (χ2n) is 3.55. The van der Waals surface area contributed by atoms with Gasteiger partial charge in [0.05, 0.1) is 18.5 Å². The smallest absolute Gasteiger partial charge is 0.419 e. The van der Waals surface area contributed by atoms with Gasteiger partial charge in [0.1, 0.15) is 11.9 Å². The van der Waals surface area contributed by atoms with Crippen molar-refractivity contribution in [2.75, 3.05) is 12.0 Å². The Morgan fingerprint density at radius 1 is 1.38 bits per heavy atom. The van der Waals surface area contributed by atoms with Crippen molar-refractivity contribution in [3.05, 3.63) is 36.5 Å². The first-order chi connectivity index (χ1) is 7.63. The van der Waals surface area contributed by atoms with Crippen molar-refractivity contribution in [1.82, 2.24) is 0 Å². The maximum absolute atomic E-state index is 11.6. The quantitative estimate of drug-likeness (QED) is 0.767. The monoisotopic (exact) mass is 219 g/mol. The van der Waals surface area contributed by atoms with Gasteiger partial charge >= 0.3 is 6.09 Å². The van der Waals surface area contributed by atoms with E-state index < -0.39 is 0 Å². The van der Waals surface area contributed by atoms with E-state index in [2.05, 4.69) is 6.58 Å². The molecule has 0 spiro atoms. The highest BCUT2D eigenvalue weighted by Crippen LogP contribution is 2.29. The lowest BCUT2D eigenvalue weighted by Gasteiger charge is -2.14. The lowest BCUT2D eigenvalue weighted by molar-refractivity contribution is 0.154. The summed E-state index contributed by atoms with van der Waals surface area (Å²) in [6, 6.07) is 7.17. The van der Waals surface area contributed by atoms with E-state index in [1.54, 1.807) is 38.3 Å². The SMILES string of the molecule is C=C1[C@@H](C)OC(=O)N1c1ccc(OC)cc1.